The second kappa shape index (κ2) is 6.39. The number of aliphatic hydroxyl groups is 1. The molecule has 3 N–H and O–H groups in total. The van der Waals surface area contributed by atoms with E-state index in [1.807, 2.05) is 37.3 Å². The second-order valence-corrected chi connectivity index (χ2v) is 4.75. The molecule has 0 amide bonds. The van der Waals surface area contributed by atoms with Crippen LogP contribution in [0.25, 0.3) is 0 Å². The van der Waals surface area contributed by atoms with E-state index in [4.69, 9.17) is 10.5 Å². The first-order chi connectivity index (χ1) is 9.63. The highest BCUT2D eigenvalue weighted by atomic mass is 16.5. The van der Waals surface area contributed by atoms with Gasteiger partial charge in [-0.1, -0.05) is 19.1 Å². The molecule has 4 heteroatoms. The number of nitrogens with zero attached hydrogens (tertiary/aromatic N) is 1. The highest BCUT2D eigenvalue weighted by Gasteiger charge is 2.17. The van der Waals surface area contributed by atoms with Gasteiger partial charge in [-0.15, -0.1) is 0 Å². The number of rotatable bonds is 5. The lowest BCUT2D eigenvalue weighted by Gasteiger charge is -2.16. The smallest absolute Gasteiger partial charge is 0.129 e. The molecule has 0 saturated heterocycles. The van der Waals surface area contributed by atoms with Crippen LogP contribution < -0.4 is 10.5 Å². The van der Waals surface area contributed by atoms with E-state index in [0.717, 1.165) is 23.3 Å². The van der Waals surface area contributed by atoms with Crippen molar-refractivity contribution in [2.75, 3.05) is 12.3 Å². The largest absolute Gasteiger partial charge is 0.494 e. The SMILES string of the molecule is CCCOc1cccc(C(O)c2c(C)ccnc2N)c1. The molecule has 0 fully saturated rings. The minimum absolute atomic E-state index is 0.359. The van der Waals surface area contributed by atoms with Gasteiger partial charge in [0.05, 0.1) is 6.61 Å². The lowest BCUT2D eigenvalue weighted by Crippen LogP contribution is -2.08. The molecule has 0 aliphatic carbocycles. The van der Waals surface area contributed by atoms with Crippen molar-refractivity contribution in [1.29, 1.82) is 0 Å². The van der Waals surface area contributed by atoms with Crippen molar-refractivity contribution in [3.63, 3.8) is 0 Å². The fourth-order valence-corrected chi connectivity index (χ4v) is 2.11. The highest BCUT2D eigenvalue weighted by Crippen LogP contribution is 2.30. The minimum atomic E-state index is -0.797. The van der Waals surface area contributed by atoms with Gasteiger partial charge in [0.25, 0.3) is 0 Å². The quantitative estimate of drug-likeness (QED) is 0.878. The normalized spacial score (nSPS) is 12.2. The molecular formula is C16H20N2O2. The average Bonchev–Trinajstić information content (AvgIpc) is 2.45. The van der Waals surface area contributed by atoms with Crippen molar-refractivity contribution in [3.8, 4) is 5.75 Å². The van der Waals surface area contributed by atoms with E-state index in [9.17, 15) is 5.11 Å². The maximum Gasteiger partial charge on any atom is 0.129 e. The van der Waals surface area contributed by atoms with Gasteiger partial charge in [-0.3, -0.25) is 0 Å². The monoisotopic (exact) mass is 272 g/mol. The third kappa shape index (κ3) is 3.08. The van der Waals surface area contributed by atoms with Crippen LogP contribution in [0.2, 0.25) is 0 Å². The Hall–Kier alpha value is -2.07. The van der Waals surface area contributed by atoms with Gasteiger partial charge in [0.1, 0.15) is 17.7 Å². The van der Waals surface area contributed by atoms with Crippen molar-refractivity contribution in [2.24, 2.45) is 0 Å². The lowest BCUT2D eigenvalue weighted by molar-refractivity contribution is 0.219. The Morgan fingerprint density at radius 3 is 2.85 bits per heavy atom. The predicted octanol–water partition coefficient (Wildman–Crippen LogP) is 2.84. The van der Waals surface area contributed by atoms with E-state index < -0.39 is 6.10 Å². The van der Waals surface area contributed by atoms with Crippen LogP contribution in [0.3, 0.4) is 0 Å². The van der Waals surface area contributed by atoms with E-state index in [1.165, 1.54) is 0 Å². The Morgan fingerprint density at radius 2 is 2.15 bits per heavy atom. The maximum absolute atomic E-state index is 10.5. The highest BCUT2D eigenvalue weighted by molar-refractivity contribution is 5.49. The molecular weight excluding hydrogens is 252 g/mol. The third-order valence-electron chi connectivity index (χ3n) is 3.16. The molecule has 4 nitrogen and oxygen atoms in total. The van der Waals surface area contributed by atoms with Gasteiger partial charge in [0.15, 0.2) is 0 Å². The first-order valence-corrected chi connectivity index (χ1v) is 6.75. The molecule has 0 saturated carbocycles. The molecule has 2 aromatic rings. The van der Waals surface area contributed by atoms with Gasteiger partial charge < -0.3 is 15.6 Å². The zero-order valence-corrected chi connectivity index (χ0v) is 11.8. The van der Waals surface area contributed by atoms with Crippen molar-refractivity contribution >= 4 is 5.82 Å². The summed E-state index contributed by atoms with van der Waals surface area (Å²) >= 11 is 0. The third-order valence-corrected chi connectivity index (χ3v) is 3.16. The Labute approximate surface area is 119 Å². The summed E-state index contributed by atoms with van der Waals surface area (Å²) in [5, 5.41) is 10.5. The van der Waals surface area contributed by atoms with Crippen LogP contribution in [0.4, 0.5) is 5.82 Å². The molecule has 0 spiro atoms. The average molecular weight is 272 g/mol. The van der Waals surface area contributed by atoms with Crippen LogP contribution in [0.1, 0.15) is 36.1 Å². The number of ether oxygens (including phenoxy) is 1. The molecule has 0 aliphatic heterocycles. The Bertz CT molecular complexity index is 564. The van der Waals surface area contributed by atoms with Crippen LogP contribution in [0.5, 0.6) is 5.75 Å². The molecule has 20 heavy (non-hydrogen) atoms. The zero-order chi connectivity index (χ0) is 14.5. The summed E-state index contributed by atoms with van der Waals surface area (Å²) in [6.07, 6.45) is 1.79. The molecule has 1 aromatic carbocycles. The second-order valence-electron chi connectivity index (χ2n) is 4.75. The number of nitrogen functional groups attached to an aromatic ring is 1. The summed E-state index contributed by atoms with van der Waals surface area (Å²) in [6.45, 7) is 4.63. The molecule has 1 atom stereocenters. The summed E-state index contributed by atoms with van der Waals surface area (Å²) in [7, 11) is 0. The maximum atomic E-state index is 10.5. The molecule has 0 aliphatic rings. The van der Waals surface area contributed by atoms with Crippen LogP contribution in [0.15, 0.2) is 36.5 Å². The summed E-state index contributed by atoms with van der Waals surface area (Å²) < 4.78 is 5.58. The number of hydrogen-bond acceptors (Lipinski definition) is 4. The minimum Gasteiger partial charge on any atom is -0.494 e. The number of aryl methyl sites for hydroxylation is 1. The predicted molar refractivity (Wildman–Crippen MR) is 79.7 cm³/mol. The van der Waals surface area contributed by atoms with Crippen LogP contribution in [-0.2, 0) is 0 Å². The first-order valence-electron chi connectivity index (χ1n) is 6.75. The molecule has 1 aromatic heterocycles. The Morgan fingerprint density at radius 1 is 1.35 bits per heavy atom. The van der Waals surface area contributed by atoms with Gasteiger partial charge >= 0.3 is 0 Å². The topological polar surface area (TPSA) is 68.4 Å². The van der Waals surface area contributed by atoms with E-state index >= 15 is 0 Å². The van der Waals surface area contributed by atoms with Crippen molar-refractivity contribution < 1.29 is 9.84 Å². The van der Waals surface area contributed by atoms with Gasteiger partial charge in [0.2, 0.25) is 0 Å². The number of hydrogen-bond donors (Lipinski definition) is 2. The van der Waals surface area contributed by atoms with E-state index in [1.54, 1.807) is 6.20 Å². The fraction of sp³-hybridized carbons (Fsp3) is 0.312. The lowest BCUT2D eigenvalue weighted by atomic mass is 9.98. The van der Waals surface area contributed by atoms with E-state index in [-0.39, 0.29) is 0 Å². The Balaban J connectivity index is 2.31. The number of aromatic nitrogens is 1. The zero-order valence-electron chi connectivity index (χ0n) is 11.8. The number of benzene rings is 1. The summed E-state index contributed by atoms with van der Waals surface area (Å²) in [5.41, 5.74) is 8.20. The van der Waals surface area contributed by atoms with Crippen LogP contribution >= 0.6 is 0 Å². The molecule has 2 rings (SSSR count). The molecule has 1 heterocycles. The first kappa shape index (κ1) is 14.3. The van der Waals surface area contributed by atoms with Crippen LogP contribution in [-0.4, -0.2) is 16.7 Å². The molecule has 0 radical (unpaired) electrons. The van der Waals surface area contributed by atoms with Crippen molar-refractivity contribution in [3.05, 3.63) is 53.2 Å². The fourth-order valence-electron chi connectivity index (χ4n) is 2.11. The standard InChI is InChI=1S/C16H20N2O2/c1-3-9-20-13-6-4-5-12(10-13)15(19)14-11(2)7-8-18-16(14)17/h4-8,10,15,19H,3,9H2,1-2H3,(H2,17,18). The van der Waals surface area contributed by atoms with Gasteiger partial charge in [-0.25, -0.2) is 4.98 Å². The Kier molecular flexibility index (Phi) is 4.58. The van der Waals surface area contributed by atoms with Gasteiger partial charge in [-0.05, 0) is 42.7 Å². The molecule has 106 valence electrons. The van der Waals surface area contributed by atoms with E-state index in [0.29, 0.717) is 18.0 Å². The number of anilines is 1. The number of pyridine rings is 1. The summed E-state index contributed by atoms with van der Waals surface area (Å²) in [6, 6.07) is 9.28. The number of nitrogens with two attached hydrogens (primary N) is 1. The van der Waals surface area contributed by atoms with Crippen molar-refractivity contribution in [2.45, 2.75) is 26.4 Å². The van der Waals surface area contributed by atoms with Crippen LogP contribution in [0, 0.1) is 6.92 Å². The van der Waals surface area contributed by atoms with Crippen molar-refractivity contribution in [1.82, 2.24) is 4.98 Å². The summed E-state index contributed by atoms with van der Waals surface area (Å²) in [4.78, 5) is 4.05. The molecule has 0 bridgehead atoms. The van der Waals surface area contributed by atoms with Gasteiger partial charge in [0, 0.05) is 11.8 Å². The van der Waals surface area contributed by atoms with Gasteiger partial charge in [-0.2, -0.15) is 0 Å². The molecule has 1 unspecified atom stereocenters. The van der Waals surface area contributed by atoms with E-state index in [2.05, 4.69) is 11.9 Å². The summed E-state index contributed by atoms with van der Waals surface area (Å²) in [5.74, 6) is 1.11. The number of aliphatic hydroxyl groups excluding tert-OH is 1.